The summed E-state index contributed by atoms with van der Waals surface area (Å²) in [5.74, 6) is 0.942. The number of aliphatic hydroxyl groups excluding tert-OH is 1. The largest absolute Gasteiger partial charge is 0.468 e. The fourth-order valence-corrected chi connectivity index (χ4v) is 7.51. The van der Waals surface area contributed by atoms with Crippen LogP contribution in [0.1, 0.15) is 78.0 Å². The number of hydrogen-bond donors (Lipinski definition) is 4. The van der Waals surface area contributed by atoms with E-state index in [9.17, 15) is 23.1 Å². The van der Waals surface area contributed by atoms with Crippen LogP contribution in [0.25, 0.3) is 0 Å². The first-order chi connectivity index (χ1) is 21.5. The molecule has 4 N–H and O–H groups in total. The monoisotopic (exact) mass is 658 g/mol. The predicted molar refractivity (Wildman–Crippen MR) is 180 cm³/mol. The number of hydrogen-bond acceptors (Lipinski definition) is 8. The smallest absolute Gasteiger partial charge is 0.239 e. The van der Waals surface area contributed by atoms with E-state index in [2.05, 4.69) is 20.9 Å². The summed E-state index contributed by atoms with van der Waals surface area (Å²) in [6.45, 7) is 10.0. The van der Waals surface area contributed by atoms with Gasteiger partial charge in [0.2, 0.25) is 11.8 Å². The third-order valence-corrected chi connectivity index (χ3v) is 11.9. The molecule has 6 atom stereocenters. The van der Waals surface area contributed by atoms with Crippen LogP contribution >= 0.6 is 0 Å². The van der Waals surface area contributed by atoms with E-state index in [0.29, 0.717) is 30.6 Å². The van der Waals surface area contributed by atoms with Crippen molar-refractivity contribution in [1.29, 1.82) is 0 Å². The highest BCUT2D eigenvalue weighted by Crippen LogP contribution is 2.39. The first-order valence-electron chi connectivity index (χ1n) is 16.6. The quantitative estimate of drug-likeness (QED) is 0.257. The summed E-state index contributed by atoms with van der Waals surface area (Å²) in [6.07, 6.45) is 7.27. The number of benzene rings is 1. The number of nitrogens with zero attached hydrogens (tertiary/aromatic N) is 1. The zero-order valence-electron chi connectivity index (χ0n) is 28.3. The number of fused-ring (bicyclic) bond motifs is 1. The second-order valence-corrected chi connectivity index (χ2v) is 17.5. The minimum atomic E-state index is -3.69. The van der Waals surface area contributed by atoms with Crippen molar-refractivity contribution >= 4 is 21.7 Å². The Morgan fingerprint density at radius 1 is 1.02 bits per heavy atom. The van der Waals surface area contributed by atoms with E-state index in [1.165, 1.54) is 33.0 Å². The van der Waals surface area contributed by atoms with Gasteiger partial charge in [0.1, 0.15) is 11.8 Å². The average Bonchev–Trinajstić information content (AvgIpc) is 3.49. The highest BCUT2D eigenvalue weighted by Gasteiger charge is 2.45. The molecule has 1 aliphatic heterocycles. The van der Waals surface area contributed by atoms with E-state index in [0.717, 1.165) is 31.1 Å². The van der Waals surface area contributed by atoms with Gasteiger partial charge in [-0.15, -0.1) is 0 Å². The summed E-state index contributed by atoms with van der Waals surface area (Å²) in [7, 11) is -3.69. The Bertz CT molecular complexity index is 1390. The fourth-order valence-electron chi connectivity index (χ4n) is 6.90. The normalized spacial score (nSPS) is 23.2. The van der Waals surface area contributed by atoms with Gasteiger partial charge in [-0.05, 0) is 83.4 Å². The first kappa shape index (κ1) is 36.1. The molecule has 1 aromatic heterocycles. The lowest BCUT2D eigenvalue weighted by molar-refractivity contribution is -0.133. The van der Waals surface area contributed by atoms with Gasteiger partial charge in [-0.2, -0.15) is 0 Å². The minimum absolute atomic E-state index is 0.0375. The highest BCUT2D eigenvalue weighted by atomic mass is 32.2. The molecular formula is C35H54N4O6S. The maximum Gasteiger partial charge on any atom is 0.239 e. The van der Waals surface area contributed by atoms with E-state index < -0.39 is 44.2 Å². The molecule has 10 nitrogen and oxygen atoms in total. The van der Waals surface area contributed by atoms with Gasteiger partial charge in [-0.3, -0.25) is 19.8 Å². The molecule has 2 heterocycles. The Morgan fingerprint density at radius 3 is 2.30 bits per heavy atom. The number of piperidine rings is 1. The van der Waals surface area contributed by atoms with Gasteiger partial charge < -0.3 is 20.2 Å². The highest BCUT2D eigenvalue weighted by molar-refractivity contribution is 7.92. The van der Waals surface area contributed by atoms with Crippen molar-refractivity contribution in [3.05, 3.63) is 60.1 Å². The Labute approximate surface area is 275 Å². The molecule has 1 aromatic carbocycles. The predicted octanol–water partition coefficient (Wildman–Crippen LogP) is 3.44. The lowest BCUT2D eigenvalue weighted by Crippen LogP contribution is -2.63. The molecule has 0 bridgehead atoms. The van der Waals surface area contributed by atoms with Crippen LogP contribution in [0.2, 0.25) is 0 Å². The van der Waals surface area contributed by atoms with E-state index in [1.54, 1.807) is 12.1 Å². The molecule has 1 saturated heterocycles. The number of aliphatic hydroxyl groups is 1. The van der Waals surface area contributed by atoms with Crippen molar-refractivity contribution in [2.75, 3.05) is 19.3 Å². The Kier molecular flexibility index (Phi) is 11.8. The molecule has 11 heteroatoms. The van der Waals surface area contributed by atoms with Crippen molar-refractivity contribution < 1.29 is 27.5 Å². The van der Waals surface area contributed by atoms with E-state index in [1.807, 2.05) is 51.1 Å². The molecule has 2 amide bonds. The number of furan rings is 1. The summed E-state index contributed by atoms with van der Waals surface area (Å²) in [5, 5.41) is 21.2. The second-order valence-electron chi connectivity index (χ2n) is 14.9. The second kappa shape index (κ2) is 15.0. The summed E-state index contributed by atoms with van der Waals surface area (Å²) in [4.78, 5) is 29.8. The third-order valence-electron chi connectivity index (χ3n) is 9.79. The van der Waals surface area contributed by atoms with Crippen molar-refractivity contribution in [3.8, 4) is 0 Å². The molecule has 2 aliphatic rings. The molecule has 4 rings (SSSR count). The van der Waals surface area contributed by atoms with Crippen LogP contribution in [0.5, 0.6) is 0 Å². The molecule has 1 saturated carbocycles. The summed E-state index contributed by atoms with van der Waals surface area (Å²) >= 11 is 0. The molecule has 0 unspecified atom stereocenters. The molecule has 1 aliphatic carbocycles. The van der Waals surface area contributed by atoms with Crippen LogP contribution in [0.3, 0.4) is 0 Å². The standard InChI is InChI=1S/C35H54N4O6S/c1-34(2,3)38-32(41)29-20-25-15-10-11-16-26(25)22-39(29)23-30(40)28(19-24-13-8-7-9-14-24)37-33(42)31(35(4,5)46(6,43)44)36-21-27-17-12-18-45-27/h7-9,12-14,17-18,25-26,28-31,36,40H,10-11,15-16,19-23H2,1-6H3,(H,37,42)(H,38,41)/t25-,26+,28-,29-,30+,31+/m0/s1. The number of rotatable bonds is 13. The molecular weight excluding hydrogens is 604 g/mol. The number of sulfone groups is 1. The number of likely N-dealkylation sites (tertiary alicyclic amines) is 1. The lowest BCUT2D eigenvalue weighted by Gasteiger charge is -2.47. The van der Waals surface area contributed by atoms with E-state index in [-0.39, 0.29) is 25.0 Å². The van der Waals surface area contributed by atoms with Gasteiger partial charge in [-0.25, -0.2) is 8.42 Å². The van der Waals surface area contributed by atoms with Crippen molar-refractivity contribution in [2.24, 2.45) is 11.8 Å². The lowest BCUT2D eigenvalue weighted by atomic mass is 9.72. The van der Waals surface area contributed by atoms with Gasteiger partial charge in [0.05, 0.1) is 35.7 Å². The third kappa shape index (κ3) is 9.42. The summed E-state index contributed by atoms with van der Waals surface area (Å²) in [6, 6.07) is 10.8. The van der Waals surface area contributed by atoms with Crippen LogP contribution in [0.4, 0.5) is 0 Å². The van der Waals surface area contributed by atoms with Gasteiger partial charge in [0, 0.05) is 24.9 Å². The van der Waals surface area contributed by atoms with Gasteiger partial charge in [0.15, 0.2) is 9.84 Å². The zero-order chi connectivity index (χ0) is 33.7. The van der Waals surface area contributed by atoms with E-state index in [4.69, 9.17) is 4.42 Å². The Hall–Kier alpha value is -2.73. The van der Waals surface area contributed by atoms with Crippen LogP contribution in [-0.2, 0) is 32.4 Å². The van der Waals surface area contributed by atoms with Crippen molar-refractivity contribution in [1.82, 2.24) is 20.9 Å². The Balaban J connectivity index is 1.59. The Morgan fingerprint density at radius 2 is 1.70 bits per heavy atom. The number of β-amino-alcohol motifs (C(OH)–C–C–N with tert-alkyl or cyclic N) is 1. The number of carbonyl (C=O) groups is 2. The maximum atomic E-state index is 14.1. The SMILES string of the molecule is CC(C)(C)NC(=O)[C@@H]1C[C@@H]2CCCC[C@@H]2CN1C[C@@H](O)[C@H](Cc1ccccc1)NC(=O)[C@@H](NCc1ccco1)C(C)(C)S(C)(=O)=O. The molecule has 256 valence electrons. The minimum Gasteiger partial charge on any atom is -0.468 e. The fraction of sp³-hybridized carbons (Fsp3) is 0.657. The molecule has 0 spiro atoms. The van der Waals surface area contributed by atoms with Crippen LogP contribution in [-0.4, -0.2) is 84.1 Å². The number of nitrogens with one attached hydrogen (secondary N) is 3. The van der Waals surface area contributed by atoms with E-state index >= 15 is 0 Å². The zero-order valence-corrected chi connectivity index (χ0v) is 29.1. The summed E-state index contributed by atoms with van der Waals surface area (Å²) < 4.78 is 29.8. The molecule has 46 heavy (non-hydrogen) atoms. The number of amides is 2. The molecule has 0 radical (unpaired) electrons. The molecule has 2 fully saturated rings. The maximum absolute atomic E-state index is 14.1. The van der Waals surface area contributed by atoms with Crippen LogP contribution < -0.4 is 16.0 Å². The van der Waals surface area contributed by atoms with Gasteiger partial charge in [0.25, 0.3) is 0 Å². The molecule has 2 aromatic rings. The summed E-state index contributed by atoms with van der Waals surface area (Å²) in [5.41, 5.74) is 0.529. The number of carbonyl (C=O) groups excluding carboxylic acids is 2. The van der Waals surface area contributed by atoms with Crippen molar-refractivity contribution in [2.45, 2.75) is 114 Å². The van der Waals surface area contributed by atoms with Crippen LogP contribution in [0, 0.1) is 11.8 Å². The first-order valence-corrected chi connectivity index (χ1v) is 18.5. The van der Waals surface area contributed by atoms with Gasteiger partial charge >= 0.3 is 0 Å². The van der Waals surface area contributed by atoms with Gasteiger partial charge in [-0.1, -0.05) is 49.6 Å². The van der Waals surface area contributed by atoms with Crippen LogP contribution in [0.15, 0.2) is 53.1 Å². The average molecular weight is 659 g/mol. The topological polar surface area (TPSA) is 141 Å². The van der Waals surface area contributed by atoms with Crippen molar-refractivity contribution in [3.63, 3.8) is 0 Å².